The van der Waals surface area contributed by atoms with Gasteiger partial charge in [0.25, 0.3) is 0 Å². The predicted octanol–water partition coefficient (Wildman–Crippen LogP) is 1.44. The summed E-state index contributed by atoms with van der Waals surface area (Å²) in [5, 5.41) is 15.7. The minimum absolute atomic E-state index is 0.125. The number of rotatable bonds is 5. The quantitative estimate of drug-likeness (QED) is 0.253. The van der Waals surface area contributed by atoms with Crippen LogP contribution in [0.5, 0.6) is 0 Å². The molecule has 2 aliphatic heterocycles. The van der Waals surface area contributed by atoms with Gasteiger partial charge in [-0.2, -0.15) is 5.26 Å². The van der Waals surface area contributed by atoms with Crippen molar-refractivity contribution >= 4 is 40.3 Å². The molecule has 3 heterocycles. The van der Waals surface area contributed by atoms with E-state index in [9.17, 15) is 19.6 Å². The van der Waals surface area contributed by atoms with Gasteiger partial charge >= 0.3 is 0 Å². The van der Waals surface area contributed by atoms with E-state index in [4.69, 9.17) is 10.2 Å². The van der Waals surface area contributed by atoms with Crippen LogP contribution in [0.15, 0.2) is 33.7 Å². The van der Waals surface area contributed by atoms with Crippen LogP contribution in [0.4, 0.5) is 5.69 Å². The number of benzene rings is 1. The van der Waals surface area contributed by atoms with Crippen molar-refractivity contribution in [3.8, 4) is 6.19 Å². The van der Waals surface area contributed by atoms with Crippen LogP contribution in [0.3, 0.4) is 0 Å². The Balaban J connectivity index is 1.49. The summed E-state index contributed by atoms with van der Waals surface area (Å²) in [5.74, 6) is -0.169. The summed E-state index contributed by atoms with van der Waals surface area (Å²) in [6.45, 7) is 2.62. The second-order valence-electron chi connectivity index (χ2n) is 8.87. The van der Waals surface area contributed by atoms with Gasteiger partial charge in [0.15, 0.2) is 6.19 Å². The Morgan fingerprint density at radius 2 is 2.06 bits per heavy atom. The molecule has 4 rings (SSSR count). The van der Waals surface area contributed by atoms with Crippen LogP contribution in [0.2, 0.25) is 0 Å². The van der Waals surface area contributed by atoms with Gasteiger partial charge in [-0.05, 0) is 63.3 Å². The smallest absolute Gasteiger partial charge is 0.247 e. The zero-order valence-corrected chi connectivity index (χ0v) is 19.6. The van der Waals surface area contributed by atoms with Gasteiger partial charge in [0.2, 0.25) is 23.7 Å². The van der Waals surface area contributed by atoms with Crippen LogP contribution >= 0.6 is 0 Å². The van der Waals surface area contributed by atoms with E-state index in [2.05, 4.69) is 15.6 Å². The Bertz CT molecular complexity index is 1200. The lowest BCUT2D eigenvalue weighted by molar-refractivity contribution is -0.143. The molecular weight excluding hydrogens is 450 g/mol. The molecule has 11 heteroatoms. The molecule has 0 spiro atoms. The number of hydrogen-bond acceptors (Lipinski definition) is 6. The summed E-state index contributed by atoms with van der Waals surface area (Å²) in [6.07, 6.45) is 5.08. The first-order valence-electron chi connectivity index (χ1n) is 11.7. The number of likely N-dealkylation sites (tertiary alicyclic amines) is 2. The highest BCUT2D eigenvalue weighted by Crippen LogP contribution is 2.23. The number of carbonyl (C=O) groups excluding carboxylic acids is 3. The molecule has 3 amide bonds. The number of guanidine groups is 1. The Hall–Kier alpha value is -4.07. The monoisotopic (exact) mass is 479 g/mol. The van der Waals surface area contributed by atoms with Crippen molar-refractivity contribution in [3.63, 3.8) is 0 Å². The summed E-state index contributed by atoms with van der Waals surface area (Å²) >= 11 is 0. The molecular formula is C24H29N7O4. The van der Waals surface area contributed by atoms with Gasteiger partial charge in [-0.25, -0.2) is 4.99 Å². The third-order valence-electron chi connectivity index (χ3n) is 6.34. The average molecular weight is 480 g/mol. The highest BCUT2D eigenvalue weighted by molar-refractivity contribution is 5.98. The fourth-order valence-corrected chi connectivity index (χ4v) is 4.67. The van der Waals surface area contributed by atoms with Crippen LogP contribution in [-0.4, -0.2) is 65.2 Å². The topological polar surface area (TPSA) is 157 Å². The van der Waals surface area contributed by atoms with Crippen molar-refractivity contribution in [3.05, 3.63) is 30.0 Å². The third-order valence-corrected chi connectivity index (χ3v) is 6.34. The van der Waals surface area contributed by atoms with E-state index in [1.807, 2.05) is 31.3 Å². The maximum absolute atomic E-state index is 13.3. The largest absolute Gasteiger partial charge is 0.461 e. The average Bonchev–Trinajstić information content (AvgIpc) is 3.41. The number of primary amides is 1. The minimum Gasteiger partial charge on any atom is -0.461 e. The van der Waals surface area contributed by atoms with Gasteiger partial charge in [-0.1, -0.05) is 0 Å². The first-order chi connectivity index (χ1) is 16.9. The molecule has 2 saturated heterocycles. The molecule has 11 nitrogen and oxygen atoms in total. The molecule has 0 aliphatic carbocycles. The maximum atomic E-state index is 13.3. The number of nitriles is 1. The van der Waals surface area contributed by atoms with Crippen LogP contribution in [-0.2, 0) is 14.4 Å². The van der Waals surface area contributed by atoms with Crippen LogP contribution in [0.1, 0.15) is 37.9 Å². The molecule has 0 unspecified atom stereocenters. The number of aliphatic imine (C=N–C) groups is 1. The fraction of sp³-hybridized carbons (Fsp3) is 0.458. The standard InChI is InChI=1S/C24H29N7O4/c1-15-11-16-12-17(7-8-20(16)35-15)28-24(27-14-25)29-18-5-2-3-9-30(23(18)34)13-21(32)31-10-4-6-19(31)22(26)33/h7-8,11-12,18-19H,2-6,9-10,13H2,1H3,(H2,26,33)(H2,27,28,29)/t18-,19-/m0/s1. The summed E-state index contributed by atoms with van der Waals surface area (Å²) in [5.41, 5.74) is 6.86. The molecule has 4 N–H and O–H groups in total. The molecule has 0 bridgehead atoms. The van der Waals surface area contributed by atoms with E-state index >= 15 is 0 Å². The second-order valence-corrected chi connectivity index (χ2v) is 8.87. The summed E-state index contributed by atoms with van der Waals surface area (Å²) < 4.78 is 5.59. The molecule has 35 heavy (non-hydrogen) atoms. The SMILES string of the molecule is Cc1cc2cc(NC(=N[C@H]3CCCCN(CC(=O)N4CCC[C@H]4C(N)=O)C3=O)NC#N)ccc2o1. The Morgan fingerprint density at radius 1 is 1.23 bits per heavy atom. The molecule has 0 saturated carbocycles. The number of furan rings is 1. The van der Waals surface area contributed by atoms with E-state index in [1.165, 1.54) is 9.80 Å². The Kier molecular flexibility index (Phi) is 7.19. The van der Waals surface area contributed by atoms with E-state index in [1.54, 1.807) is 6.07 Å². The number of amides is 3. The molecule has 2 atom stereocenters. The van der Waals surface area contributed by atoms with E-state index in [0.717, 1.165) is 29.6 Å². The van der Waals surface area contributed by atoms with Crippen molar-refractivity contribution in [1.82, 2.24) is 15.1 Å². The predicted molar refractivity (Wildman–Crippen MR) is 129 cm³/mol. The first kappa shape index (κ1) is 24.1. The normalized spacial score (nSPS) is 21.0. The first-order valence-corrected chi connectivity index (χ1v) is 11.7. The molecule has 1 aromatic carbocycles. The lowest BCUT2D eigenvalue weighted by Crippen LogP contribution is -2.49. The van der Waals surface area contributed by atoms with Crippen LogP contribution in [0, 0.1) is 18.4 Å². The Labute approximate surface area is 202 Å². The summed E-state index contributed by atoms with van der Waals surface area (Å²) in [4.78, 5) is 45.3. The zero-order chi connectivity index (χ0) is 24.9. The van der Waals surface area contributed by atoms with Gasteiger partial charge < -0.3 is 25.3 Å². The van der Waals surface area contributed by atoms with E-state index < -0.39 is 18.0 Å². The molecule has 2 aliphatic rings. The minimum atomic E-state index is -0.751. The summed E-state index contributed by atoms with van der Waals surface area (Å²) in [6, 6.07) is 6.01. The number of fused-ring (bicyclic) bond motifs is 1. The van der Waals surface area contributed by atoms with Crippen molar-refractivity contribution < 1.29 is 18.8 Å². The van der Waals surface area contributed by atoms with Gasteiger partial charge in [0, 0.05) is 24.2 Å². The molecule has 184 valence electrons. The molecule has 0 radical (unpaired) electrons. The number of nitrogens with zero attached hydrogens (tertiary/aromatic N) is 4. The second kappa shape index (κ2) is 10.5. The van der Waals surface area contributed by atoms with Gasteiger partial charge in [-0.15, -0.1) is 0 Å². The number of nitrogens with one attached hydrogen (secondary N) is 2. The van der Waals surface area contributed by atoms with Crippen molar-refractivity contribution in [1.29, 1.82) is 5.26 Å². The lowest BCUT2D eigenvalue weighted by atomic mass is 10.1. The summed E-state index contributed by atoms with van der Waals surface area (Å²) in [7, 11) is 0. The number of nitrogens with two attached hydrogens (primary N) is 1. The van der Waals surface area contributed by atoms with Crippen LogP contribution < -0.4 is 16.4 Å². The van der Waals surface area contributed by atoms with Crippen molar-refractivity contribution in [2.45, 2.75) is 51.1 Å². The number of carbonyl (C=O) groups is 3. The van der Waals surface area contributed by atoms with Gasteiger partial charge in [-0.3, -0.25) is 19.7 Å². The number of hydrogen-bond donors (Lipinski definition) is 3. The lowest BCUT2D eigenvalue weighted by Gasteiger charge is -2.27. The molecule has 1 aromatic heterocycles. The van der Waals surface area contributed by atoms with Gasteiger partial charge in [0.05, 0.1) is 6.54 Å². The fourth-order valence-electron chi connectivity index (χ4n) is 4.67. The van der Waals surface area contributed by atoms with E-state index in [0.29, 0.717) is 38.0 Å². The number of anilines is 1. The number of aryl methyl sites for hydroxylation is 1. The van der Waals surface area contributed by atoms with E-state index in [-0.39, 0.29) is 24.3 Å². The maximum Gasteiger partial charge on any atom is 0.247 e. The molecule has 2 aromatic rings. The third kappa shape index (κ3) is 5.54. The van der Waals surface area contributed by atoms with Crippen molar-refractivity contribution in [2.24, 2.45) is 10.7 Å². The Morgan fingerprint density at radius 3 is 2.83 bits per heavy atom. The van der Waals surface area contributed by atoms with Gasteiger partial charge in [0.1, 0.15) is 23.4 Å². The highest BCUT2D eigenvalue weighted by Gasteiger charge is 2.35. The zero-order valence-electron chi connectivity index (χ0n) is 19.6. The molecule has 2 fully saturated rings. The van der Waals surface area contributed by atoms with Crippen LogP contribution in [0.25, 0.3) is 11.0 Å². The highest BCUT2D eigenvalue weighted by atomic mass is 16.3. The van der Waals surface area contributed by atoms with Crippen molar-refractivity contribution in [2.75, 3.05) is 25.0 Å².